The molecule has 2 unspecified atom stereocenters. The van der Waals surface area contributed by atoms with Gasteiger partial charge in [-0.05, 0) is 57.5 Å². The Morgan fingerprint density at radius 1 is 1.16 bits per heavy atom. The number of carbonyl (C=O) groups excluding carboxylic acids is 1. The minimum Gasteiger partial charge on any atom is -0.341 e. The van der Waals surface area contributed by atoms with E-state index in [1.54, 1.807) is 0 Å². The van der Waals surface area contributed by atoms with E-state index in [0.29, 0.717) is 11.3 Å². The van der Waals surface area contributed by atoms with Crippen LogP contribution in [-0.2, 0) is 4.79 Å². The number of hydrogen-bond acceptors (Lipinski definition) is 3. The summed E-state index contributed by atoms with van der Waals surface area (Å²) in [5.74, 6) is 0.364. The first-order valence-corrected chi connectivity index (χ1v) is 7.94. The third kappa shape index (κ3) is 2.65. The van der Waals surface area contributed by atoms with Gasteiger partial charge in [-0.15, -0.1) is 0 Å². The number of nitrogens with zero attached hydrogens (tertiary/aromatic N) is 2. The molecule has 19 heavy (non-hydrogen) atoms. The first-order chi connectivity index (χ1) is 9.20. The van der Waals surface area contributed by atoms with E-state index in [-0.39, 0.29) is 6.04 Å². The molecule has 0 radical (unpaired) electrons. The van der Waals surface area contributed by atoms with Gasteiger partial charge in [0.2, 0.25) is 5.91 Å². The zero-order chi connectivity index (χ0) is 13.3. The molecule has 3 rings (SSSR count). The van der Waals surface area contributed by atoms with Gasteiger partial charge < -0.3 is 10.2 Å². The van der Waals surface area contributed by atoms with Crippen molar-refractivity contribution in [3.8, 4) is 0 Å². The smallest absolute Gasteiger partial charge is 0.239 e. The molecule has 3 saturated heterocycles. The van der Waals surface area contributed by atoms with Gasteiger partial charge in [-0.25, -0.2) is 0 Å². The Morgan fingerprint density at radius 3 is 2.63 bits per heavy atom. The number of hydrogen-bond donors (Lipinski definition) is 1. The standard InChI is InChI=1S/C15H27N3O/c1-13(14(19)17-8-3-2-4-9-17)18-10-6-15(12-18)5-7-16-11-15/h13,16H,2-12H2,1H3. The van der Waals surface area contributed by atoms with Crippen molar-refractivity contribution in [3.05, 3.63) is 0 Å². The summed E-state index contributed by atoms with van der Waals surface area (Å²) in [6, 6.07) is 0.0816. The topological polar surface area (TPSA) is 35.6 Å². The molecule has 0 aliphatic carbocycles. The maximum absolute atomic E-state index is 12.6. The van der Waals surface area contributed by atoms with E-state index in [1.165, 1.54) is 32.1 Å². The van der Waals surface area contributed by atoms with Crippen molar-refractivity contribution in [2.24, 2.45) is 5.41 Å². The van der Waals surface area contributed by atoms with Crippen LogP contribution in [0.15, 0.2) is 0 Å². The minimum absolute atomic E-state index is 0.0816. The first-order valence-electron chi connectivity index (χ1n) is 7.94. The SMILES string of the molecule is CC(C(=O)N1CCCCC1)N1CCC2(CCNC2)C1. The lowest BCUT2D eigenvalue weighted by molar-refractivity contribution is -0.137. The van der Waals surface area contributed by atoms with E-state index in [4.69, 9.17) is 0 Å². The van der Waals surface area contributed by atoms with Crippen molar-refractivity contribution in [3.63, 3.8) is 0 Å². The van der Waals surface area contributed by atoms with E-state index in [0.717, 1.165) is 39.3 Å². The highest BCUT2D eigenvalue weighted by molar-refractivity contribution is 5.81. The van der Waals surface area contributed by atoms with Crippen molar-refractivity contribution in [1.29, 1.82) is 0 Å². The zero-order valence-corrected chi connectivity index (χ0v) is 12.2. The molecule has 1 amide bonds. The summed E-state index contributed by atoms with van der Waals surface area (Å²) in [6.45, 7) is 8.57. The second kappa shape index (κ2) is 5.41. The second-order valence-electron chi connectivity index (χ2n) is 6.71. The molecule has 2 atom stereocenters. The predicted octanol–water partition coefficient (Wildman–Crippen LogP) is 1.07. The highest BCUT2D eigenvalue weighted by atomic mass is 16.2. The van der Waals surface area contributed by atoms with Gasteiger partial charge in [0.05, 0.1) is 6.04 Å². The molecule has 0 saturated carbocycles. The Bertz CT molecular complexity index is 332. The lowest BCUT2D eigenvalue weighted by Gasteiger charge is -2.33. The summed E-state index contributed by atoms with van der Waals surface area (Å²) < 4.78 is 0. The van der Waals surface area contributed by atoms with E-state index < -0.39 is 0 Å². The van der Waals surface area contributed by atoms with Gasteiger partial charge in [-0.3, -0.25) is 9.69 Å². The Kier molecular flexibility index (Phi) is 3.81. The number of amides is 1. The monoisotopic (exact) mass is 265 g/mol. The minimum atomic E-state index is 0.0816. The highest BCUT2D eigenvalue weighted by Crippen LogP contribution is 2.37. The molecule has 0 aromatic carbocycles. The van der Waals surface area contributed by atoms with Crippen LogP contribution in [0.25, 0.3) is 0 Å². The summed E-state index contributed by atoms with van der Waals surface area (Å²) >= 11 is 0. The van der Waals surface area contributed by atoms with E-state index >= 15 is 0 Å². The lowest BCUT2D eigenvalue weighted by atomic mass is 9.86. The van der Waals surface area contributed by atoms with Gasteiger partial charge in [0, 0.05) is 26.2 Å². The zero-order valence-electron chi connectivity index (χ0n) is 12.2. The first kappa shape index (κ1) is 13.4. The summed E-state index contributed by atoms with van der Waals surface area (Å²) in [4.78, 5) is 17.1. The number of carbonyl (C=O) groups is 1. The Morgan fingerprint density at radius 2 is 1.95 bits per heavy atom. The van der Waals surface area contributed by atoms with Crippen LogP contribution in [-0.4, -0.2) is 61.0 Å². The van der Waals surface area contributed by atoms with Crippen molar-refractivity contribution >= 4 is 5.91 Å². The molecule has 1 spiro atoms. The number of likely N-dealkylation sites (tertiary alicyclic amines) is 2. The third-order valence-corrected chi connectivity index (χ3v) is 5.37. The summed E-state index contributed by atoms with van der Waals surface area (Å²) in [5.41, 5.74) is 0.469. The molecule has 108 valence electrons. The van der Waals surface area contributed by atoms with E-state index in [2.05, 4.69) is 22.0 Å². The van der Waals surface area contributed by atoms with Crippen molar-refractivity contribution in [2.45, 2.75) is 45.1 Å². The van der Waals surface area contributed by atoms with Crippen LogP contribution in [0.2, 0.25) is 0 Å². The van der Waals surface area contributed by atoms with Crippen LogP contribution in [0.4, 0.5) is 0 Å². The molecule has 0 aromatic heterocycles. The van der Waals surface area contributed by atoms with Crippen LogP contribution in [0.1, 0.15) is 39.0 Å². The molecule has 0 aromatic rings. The number of piperidine rings is 1. The van der Waals surface area contributed by atoms with Gasteiger partial charge in [-0.2, -0.15) is 0 Å². The van der Waals surface area contributed by atoms with Gasteiger partial charge in [0.1, 0.15) is 0 Å². The van der Waals surface area contributed by atoms with Gasteiger partial charge >= 0.3 is 0 Å². The van der Waals surface area contributed by atoms with Crippen LogP contribution in [0, 0.1) is 5.41 Å². The molecule has 3 aliphatic rings. The molecule has 1 N–H and O–H groups in total. The lowest BCUT2D eigenvalue weighted by Crippen LogP contribution is -2.48. The largest absolute Gasteiger partial charge is 0.341 e. The van der Waals surface area contributed by atoms with Gasteiger partial charge in [-0.1, -0.05) is 0 Å². The van der Waals surface area contributed by atoms with E-state index in [1.807, 2.05) is 0 Å². The third-order valence-electron chi connectivity index (χ3n) is 5.37. The van der Waals surface area contributed by atoms with Crippen LogP contribution >= 0.6 is 0 Å². The molecule has 3 aliphatic heterocycles. The van der Waals surface area contributed by atoms with Crippen molar-refractivity contribution in [2.75, 3.05) is 39.3 Å². The van der Waals surface area contributed by atoms with Crippen molar-refractivity contribution < 1.29 is 4.79 Å². The molecule has 3 heterocycles. The molecule has 4 heteroatoms. The van der Waals surface area contributed by atoms with Crippen molar-refractivity contribution in [1.82, 2.24) is 15.1 Å². The molecule has 0 bridgehead atoms. The van der Waals surface area contributed by atoms with Gasteiger partial charge in [0.15, 0.2) is 0 Å². The molecular weight excluding hydrogens is 238 g/mol. The molecular formula is C15H27N3O. The number of rotatable bonds is 2. The molecule has 3 fully saturated rings. The maximum atomic E-state index is 12.6. The van der Waals surface area contributed by atoms with Crippen LogP contribution in [0.3, 0.4) is 0 Å². The summed E-state index contributed by atoms with van der Waals surface area (Å²) in [6.07, 6.45) is 6.21. The average molecular weight is 265 g/mol. The Balaban J connectivity index is 1.58. The average Bonchev–Trinajstić information content (AvgIpc) is 3.09. The van der Waals surface area contributed by atoms with Gasteiger partial charge in [0.25, 0.3) is 0 Å². The molecule has 4 nitrogen and oxygen atoms in total. The normalized spacial score (nSPS) is 34.1. The second-order valence-corrected chi connectivity index (χ2v) is 6.71. The Hall–Kier alpha value is -0.610. The number of nitrogens with one attached hydrogen (secondary N) is 1. The fraction of sp³-hybridized carbons (Fsp3) is 0.933. The maximum Gasteiger partial charge on any atom is 0.239 e. The highest BCUT2D eigenvalue weighted by Gasteiger charge is 2.43. The summed E-state index contributed by atoms with van der Waals surface area (Å²) in [5, 5.41) is 3.49. The van der Waals surface area contributed by atoms with Crippen LogP contribution < -0.4 is 5.32 Å². The van der Waals surface area contributed by atoms with E-state index in [9.17, 15) is 4.79 Å². The van der Waals surface area contributed by atoms with Crippen LogP contribution in [0.5, 0.6) is 0 Å². The predicted molar refractivity (Wildman–Crippen MR) is 76.0 cm³/mol. The Labute approximate surface area is 116 Å². The fourth-order valence-corrected chi connectivity index (χ4v) is 3.98. The summed E-state index contributed by atoms with van der Waals surface area (Å²) in [7, 11) is 0. The quantitative estimate of drug-likeness (QED) is 0.811. The fourth-order valence-electron chi connectivity index (χ4n) is 3.98.